The van der Waals surface area contributed by atoms with Crippen LogP contribution in [0.15, 0.2) is 30.3 Å². The third kappa shape index (κ3) is 5.51. The molecule has 1 aromatic carbocycles. The number of methoxy groups -OCH3 is 1. The van der Waals surface area contributed by atoms with E-state index < -0.39 is 0 Å². The molecule has 0 saturated carbocycles. The normalized spacial score (nSPS) is 22.8. The first-order chi connectivity index (χ1) is 9.72. The molecule has 1 atom stereocenters. The highest BCUT2D eigenvalue weighted by molar-refractivity contribution is 5.22. The maximum absolute atomic E-state index is 6.17. The Morgan fingerprint density at radius 3 is 2.55 bits per heavy atom. The van der Waals surface area contributed by atoms with Gasteiger partial charge in [-0.05, 0) is 38.4 Å². The van der Waals surface area contributed by atoms with E-state index in [0.29, 0.717) is 0 Å². The monoisotopic (exact) mass is 279 g/mol. The summed E-state index contributed by atoms with van der Waals surface area (Å²) in [5, 5.41) is 0. The molecule has 1 aliphatic rings. The fourth-order valence-corrected chi connectivity index (χ4v) is 2.58. The van der Waals surface area contributed by atoms with Crippen molar-refractivity contribution in [1.82, 2.24) is 4.90 Å². The van der Waals surface area contributed by atoms with E-state index >= 15 is 0 Å². The second kappa shape index (κ2) is 8.98. The number of nitrogens with zero attached hydrogens (tertiary/aromatic N) is 1. The zero-order valence-electron chi connectivity index (χ0n) is 13.4. The number of hydrogen-bond acceptors (Lipinski definition) is 3. The van der Waals surface area contributed by atoms with Gasteiger partial charge in [0.25, 0.3) is 0 Å². The molecule has 3 nitrogen and oxygen atoms in total. The Kier molecular flexibility index (Phi) is 7.63. The van der Waals surface area contributed by atoms with Crippen molar-refractivity contribution in [3.63, 3.8) is 0 Å². The summed E-state index contributed by atoms with van der Waals surface area (Å²) >= 11 is 0. The molecule has 1 aliphatic heterocycles. The molecule has 0 aromatic heterocycles. The smallest absolute Gasteiger partial charge is 0.120 e. The predicted molar refractivity (Wildman–Crippen MR) is 84.4 cm³/mol. The minimum atomic E-state index is -0.0760. The molecular weight excluding hydrogens is 250 g/mol. The third-order valence-electron chi connectivity index (χ3n) is 3.46. The number of likely N-dealkylation sites (tertiary alicyclic amines) is 1. The Bertz CT molecular complexity index is 355. The summed E-state index contributed by atoms with van der Waals surface area (Å²) in [6, 6.07) is 10.1. The predicted octanol–water partition coefficient (Wildman–Crippen LogP) is 3.59. The first-order valence-corrected chi connectivity index (χ1v) is 7.67. The fourth-order valence-electron chi connectivity index (χ4n) is 2.58. The molecule has 0 bridgehead atoms. The molecule has 114 valence electrons. The highest BCUT2D eigenvalue weighted by Crippen LogP contribution is 2.27. The van der Waals surface area contributed by atoms with Crippen LogP contribution in [0.3, 0.4) is 0 Å². The van der Waals surface area contributed by atoms with Gasteiger partial charge in [0.2, 0.25) is 0 Å². The summed E-state index contributed by atoms with van der Waals surface area (Å²) in [5.74, 6) is 0.966. The second-order valence-electron chi connectivity index (χ2n) is 5.24. The minimum absolute atomic E-state index is 0.0760. The van der Waals surface area contributed by atoms with E-state index in [4.69, 9.17) is 9.47 Å². The maximum atomic E-state index is 6.17. The molecule has 3 heteroatoms. The lowest BCUT2D eigenvalue weighted by atomic mass is 9.94. The molecule has 20 heavy (non-hydrogen) atoms. The van der Waals surface area contributed by atoms with Gasteiger partial charge in [-0.1, -0.05) is 32.0 Å². The first-order valence-electron chi connectivity index (χ1n) is 7.67. The van der Waals surface area contributed by atoms with E-state index in [1.807, 2.05) is 44.2 Å². The number of benzene rings is 1. The second-order valence-corrected chi connectivity index (χ2v) is 5.24. The molecule has 0 N–H and O–H groups in total. The number of hydrogen-bond donors (Lipinski definition) is 0. The SMILES string of the molecule is CC.COCCN1CCCC(C)(Oc2ccccc2)C1. The van der Waals surface area contributed by atoms with Crippen LogP contribution in [0.5, 0.6) is 5.75 Å². The van der Waals surface area contributed by atoms with Crippen molar-refractivity contribution in [1.29, 1.82) is 0 Å². The summed E-state index contributed by atoms with van der Waals surface area (Å²) in [5.41, 5.74) is -0.0760. The first kappa shape index (κ1) is 17.0. The van der Waals surface area contributed by atoms with Gasteiger partial charge in [0, 0.05) is 20.2 Å². The molecule has 1 unspecified atom stereocenters. The van der Waals surface area contributed by atoms with Gasteiger partial charge < -0.3 is 9.47 Å². The van der Waals surface area contributed by atoms with E-state index in [-0.39, 0.29) is 5.60 Å². The molecule has 0 radical (unpaired) electrons. The van der Waals surface area contributed by atoms with Crippen molar-refractivity contribution in [3.8, 4) is 5.75 Å². The minimum Gasteiger partial charge on any atom is -0.486 e. The fraction of sp³-hybridized carbons (Fsp3) is 0.647. The number of ether oxygens (including phenoxy) is 2. The average Bonchev–Trinajstić information content (AvgIpc) is 2.48. The zero-order chi connectivity index (χ0) is 14.8. The lowest BCUT2D eigenvalue weighted by Gasteiger charge is -2.40. The number of piperidine rings is 1. The van der Waals surface area contributed by atoms with Gasteiger partial charge >= 0.3 is 0 Å². The van der Waals surface area contributed by atoms with Gasteiger partial charge in [0.05, 0.1) is 6.61 Å². The molecule has 1 fully saturated rings. The maximum Gasteiger partial charge on any atom is 0.120 e. The zero-order valence-corrected chi connectivity index (χ0v) is 13.4. The Morgan fingerprint density at radius 2 is 1.90 bits per heavy atom. The van der Waals surface area contributed by atoms with Crippen LogP contribution in [-0.2, 0) is 4.74 Å². The van der Waals surface area contributed by atoms with Gasteiger partial charge in [0.15, 0.2) is 0 Å². The van der Waals surface area contributed by atoms with Crippen molar-refractivity contribution >= 4 is 0 Å². The van der Waals surface area contributed by atoms with Crippen LogP contribution in [0.2, 0.25) is 0 Å². The van der Waals surface area contributed by atoms with Crippen LogP contribution < -0.4 is 4.74 Å². The standard InChI is InChI=1S/C15H23NO2.C2H6/c1-15(18-14-7-4-3-5-8-14)9-6-10-16(13-15)11-12-17-2;1-2/h3-5,7-8H,6,9-13H2,1-2H3;1-2H3. The van der Waals surface area contributed by atoms with Crippen molar-refractivity contribution in [2.24, 2.45) is 0 Å². The van der Waals surface area contributed by atoms with Crippen LogP contribution in [0.4, 0.5) is 0 Å². The van der Waals surface area contributed by atoms with Crippen molar-refractivity contribution in [3.05, 3.63) is 30.3 Å². The van der Waals surface area contributed by atoms with E-state index in [1.54, 1.807) is 7.11 Å². The lowest BCUT2D eigenvalue weighted by molar-refractivity contribution is -0.00162. The molecule has 1 heterocycles. The van der Waals surface area contributed by atoms with Gasteiger partial charge in [0.1, 0.15) is 11.4 Å². The Hall–Kier alpha value is -1.06. The molecule has 1 aromatic rings. The van der Waals surface area contributed by atoms with E-state index in [0.717, 1.165) is 38.4 Å². The van der Waals surface area contributed by atoms with Gasteiger partial charge in [-0.25, -0.2) is 0 Å². The summed E-state index contributed by atoms with van der Waals surface area (Å²) in [6.45, 7) is 10.1. The van der Waals surface area contributed by atoms with E-state index in [2.05, 4.69) is 11.8 Å². The molecule has 0 amide bonds. The van der Waals surface area contributed by atoms with Crippen LogP contribution >= 0.6 is 0 Å². The lowest BCUT2D eigenvalue weighted by Crippen LogP contribution is -2.50. The molecule has 2 rings (SSSR count). The van der Waals surface area contributed by atoms with Gasteiger partial charge in [-0.15, -0.1) is 0 Å². The Labute approximate surface area is 123 Å². The largest absolute Gasteiger partial charge is 0.486 e. The van der Waals surface area contributed by atoms with Crippen LogP contribution in [0, 0.1) is 0 Å². The van der Waals surface area contributed by atoms with Crippen molar-refractivity contribution < 1.29 is 9.47 Å². The van der Waals surface area contributed by atoms with Crippen LogP contribution in [0.25, 0.3) is 0 Å². The highest BCUT2D eigenvalue weighted by atomic mass is 16.5. The Morgan fingerprint density at radius 1 is 1.20 bits per heavy atom. The molecule has 1 saturated heterocycles. The quantitative estimate of drug-likeness (QED) is 0.822. The average molecular weight is 279 g/mol. The van der Waals surface area contributed by atoms with Crippen molar-refractivity contribution in [2.75, 3.05) is 33.4 Å². The highest BCUT2D eigenvalue weighted by Gasteiger charge is 2.32. The summed E-state index contributed by atoms with van der Waals surface area (Å²) in [7, 11) is 1.75. The Balaban J connectivity index is 0.000000956. The molecular formula is C17H29NO2. The number of rotatable bonds is 5. The summed E-state index contributed by atoms with van der Waals surface area (Å²) in [4.78, 5) is 2.43. The van der Waals surface area contributed by atoms with Crippen LogP contribution in [-0.4, -0.2) is 43.9 Å². The van der Waals surface area contributed by atoms with Gasteiger partial charge in [-0.3, -0.25) is 4.90 Å². The third-order valence-corrected chi connectivity index (χ3v) is 3.46. The number of para-hydroxylation sites is 1. The summed E-state index contributed by atoms with van der Waals surface area (Å²) in [6.07, 6.45) is 2.30. The van der Waals surface area contributed by atoms with Crippen molar-refractivity contribution in [2.45, 2.75) is 39.2 Å². The van der Waals surface area contributed by atoms with Crippen LogP contribution in [0.1, 0.15) is 33.6 Å². The van der Waals surface area contributed by atoms with E-state index in [9.17, 15) is 0 Å². The van der Waals surface area contributed by atoms with E-state index in [1.165, 1.54) is 6.42 Å². The topological polar surface area (TPSA) is 21.7 Å². The molecule has 0 aliphatic carbocycles. The van der Waals surface area contributed by atoms with Gasteiger partial charge in [-0.2, -0.15) is 0 Å². The molecule has 0 spiro atoms. The summed E-state index contributed by atoms with van der Waals surface area (Å²) < 4.78 is 11.3.